The summed E-state index contributed by atoms with van der Waals surface area (Å²) in [6, 6.07) is 4.63. The second-order valence-electron chi connectivity index (χ2n) is 4.66. The Bertz CT molecular complexity index is 349. The number of nitrogens with zero attached hydrogens (tertiary/aromatic N) is 1. The highest BCUT2D eigenvalue weighted by Gasteiger charge is 2.37. The zero-order valence-electron chi connectivity index (χ0n) is 8.62. The Balaban J connectivity index is 1.85. The minimum atomic E-state index is -0.382. The number of aromatic nitrogens is 1. The first-order valence-electron chi connectivity index (χ1n) is 5.70. The summed E-state index contributed by atoms with van der Waals surface area (Å²) in [6.07, 6.45) is 6.76. The summed E-state index contributed by atoms with van der Waals surface area (Å²) >= 11 is 0. The minimum Gasteiger partial charge on any atom is -0.311 e. The summed E-state index contributed by atoms with van der Waals surface area (Å²) in [7, 11) is 0. The molecule has 0 radical (unpaired) electrons. The van der Waals surface area contributed by atoms with Crippen LogP contribution in [0.15, 0.2) is 18.3 Å². The van der Waals surface area contributed by atoms with E-state index in [9.17, 15) is 4.39 Å². The molecule has 0 amide bonds. The van der Waals surface area contributed by atoms with Crippen molar-refractivity contribution < 1.29 is 4.39 Å². The highest BCUT2D eigenvalue weighted by atomic mass is 18.2. The smallest absolute Gasteiger partial charge is 0.212 e. The van der Waals surface area contributed by atoms with Gasteiger partial charge in [-0.05, 0) is 30.9 Å². The topological polar surface area (TPSA) is 24.9 Å². The van der Waals surface area contributed by atoms with Gasteiger partial charge in [-0.15, -0.1) is 0 Å². The SMILES string of the molecule is [18F]c1ccc(C2CC3CCCC2N3)cn1. The molecule has 0 aromatic carbocycles. The fourth-order valence-electron chi connectivity index (χ4n) is 3.00. The molecule has 3 heteroatoms. The third kappa shape index (κ3) is 1.65. The van der Waals surface area contributed by atoms with Gasteiger partial charge in [0.2, 0.25) is 5.95 Å². The van der Waals surface area contributed by atoms with E-state index in [-0.39, 0.29) is 5.95 Å². The maximum absolute atomic E-state index is 12.7. The normalized spacial score (nSPS) is 34.3. The lowest BCUT2D eigenvalue weighted by Gasteiger charge is -2.22. The molecule has 1 N–H and O–H groups in total. The average Bonchev–Trinajstić information content (AvgIpc) is 2.55. The van der Waals surface area contributed by atoms with E-state index in [1.807, 2.05) is 6.07 Å². The van der Waals surface area contributed by atoms with Gasteiger partial charge in [0.1, 0.15) is 0 Å². The van der Waals surface area contributed by atoms with E-state index in [2.05, 4.69) is 10.3 Å². The summed E-state index contributed by atoms with van der Waals surface area (Å²) in [5.41, 5.74) is 1.19. The molecule has 1 aromatic heterocycles. The van der Waals surface area contributed by atoms with Gasteiger partial charge in [-0.1, -0.05) is 12.5 Å². The van der Waals surface area contributed by atoms with Crippen LogP contribution in [0.2, 0.25) is 0 Å². The van der Waals surface area contributed by atoms with E-state index in [0.29, 0.717) is 18.0 Å². The zero-order chi connectivity index (χ0) is 10.3. The number of halogens is 1. The van der Waals surface area contributed by atoms with Crippen LogP contribution in [0.25, 0.3) is 0 Å². The first kappa shape index (κ1) is 9.28. The monoisotopic (exact) mass is 205 g/mol. The van der Waals surface area contributed by atoms with Crippen molar-refractivity contribution in [3.05, 3.63) is 29.8 Å². The molecule has 2 nitrogen and oxygen atoms in total. The van der Waals surface area contributed by atoms with Crippen LogP contribution in [-0.2, 0) is 0 Å². The molecule has 3 unspecified atom stereocenters. The van der Waals surface area contributed by atoms with E-state index in [1.165, 1.54) is 37.3 Å². The van der Waals surface area contributed by atoms with Crippen molar-refractivity contribution in [1.82, 2.24) is 10.3 Å². The molecule has 2 aliphatic heterocycles. The number of piperidine rings is 1. The summed E-state index contributed by atoms with van der Waals surface area (Å²) < 4.78 is 12.7. The lowest BCUT2D eigenvalue weighted by atomic mass is 9.92. The van der Waals surface area contributed by atoms with E-state index in [0.717, 1.165) is 0 Å². The Kier molecular flexibility index (Phi) is 2.20. The van der Waals surface area contributed by atoms with Crippen molar-refractivity contribution in [1.29, 1.82) is 0 Å². The predicted molar refractivity (Wildman–Crippen MR) is 56.1 cm³/mol. The Labute approximate surface area is 88.9 Å². The third-order valence-electron chi connectivity index (χ3n) is 3.72. The number of rotatable bonds is 1. The Morgan fingerprint density at radius 2 is 2.27 bits per heavy atom. The first-order chi connectivity index (χ1) is 7.33. The largest absolute Gasteiger partial charge is 0.311 e. The van der Waals surface area contributed by atoms with Gasteiger partial charge in [0.15, 0.2) is 0 Å². The molecular formula is C12H15FN2. The van der Waals surface area contributed by atoms with Gasteiger partial charge in [0.25, 0.3) is 0 Å². The van der Waals surface area contributed by atoms with Gasteiger partial charge in [-0.25, -0.2) is 4.98 Å². The van der Waals surface area contributed by atoms with Crippen molar-refractivity contribution in [2.24, 2.45) is 0 Å². The van der Waals surface area contributed by atoms with Crippen LogP contribution in [0.4, 0.5) is 4.39 Å². The maximum Gasteiger partial charge on any atom is 0.212 e. The molecular weight excluding hydrogens is 190 g/mol. The average molecular weight is 205 g/mol. The molecule has 0 aliphatic carbocycles. The van der Waals surface area contributed by atoms with Crippen molar-refractivity contribution in [2.75, 3.05) is 0 Å². The first-order valence-corrected chi connectivity index (χ1v) is 5.70. The summed E-state index contributed by atoms with van der Waals surface area (Å²) in [5.74, 6) is 0.165. The fraction of sp³-hybridized carbons (Fsp3) is 0.583. The number of hydrogen-bond donors (Lipinski definition) is 1. The van der Waals surface area contributed by atoms with Crippen LogP contribution >= 0.6 is 0 Å². The lowest BCUT2D eigenvalue weighted by molar-refractivity contribution is 0.397. The van der Waals surface area contributed by atoms with Gasteiger partial charge in [-0.3, -0.25) is 0 Å². The van der Waals surface area contributed by atoms with Gasteiger partial charge in [0, 0.05) is 24.2 Å². The van der Waals surface area contributed by atoms with Gasteiger partial charge >= 0.3 is 0 Å². The molecule has 2 fully saturated rings. The fourth-order valence-corrected chi connectivity index (χ4v) is 3.00. The van der Waals surface area contributed by atoms with E-state index < -0.39 is 0 Å². The molecule has 3 heterocycles. The Morgan fingerprint density at radius 1 is 1.33 bits per heavy atom. The number of pyridine rings is 1. The van der Waals surface area contributed by atoms with Gasteiger partial charge < -0.3 is 5.32 Å². The van der Waals surface area contributed by atoms with Crippen molar-refractivity contribution in [2.45, 2.75) is 43.7 Å². The summed E-state index contributed by atoms with van der Waals surface area (Å²) in [6.45, 7) is 0. The third-order valence-corrected chi connectivity index (χ3v) is 3.72. The van der Waals surface area contributed by atoms with Crippen molar-refractivity contribution in [3.8, 4) is 0 Å². The van der Waals surface area contributed by atoms with E-state index in [4.69, 9.17) is 0 Å². The lowest BCUT2D eigenvalue weighted by Crippen LogP contribution is -2.34. The second kappa shape index (κ2) is 3.56. The maximum atomic E-state index is 12.7. The van der Waals surface area contributed by atoms with Crippen molar-refractivity contribution in [3.63, 3.8) is 0 Å². The highest BCUT2D eigenvalue weighted by molar-refractivity contribution is 5.21. The van der Waals surface area contributed by atoms with Gasteiger partial charge in [0.05, 0.1) is 0 Å². The van der Waals surface area contributed by atoms with E-state index in [1.54, 1.807) is 6.20 Å². The summed E-state index contributed by atoms with van der Waals surface area (Å²) in [5, 5.41) is 3.63. The van der Waals surface area contributed by atoms with Crippen LogP contribution in [0.5, 0.6) is 0 Å². The standard InChI is InChI=1S/C12H15FN2/c13-12-5-4-8(7-14-12)10-6-9-2-1-3-11(10)15-9/h4-5,7,9-11,15H,1-3,6H2/i13-1. The van der Waals surface area contributed by atoms with E-state index >= 15 is 0 Å². The Morgan fingerprint density at radius 3 is 3.00 bits per heavy atom. The molecule has 2 saturated heterocycles. The number of fused-ring (bicyclic) bond motifs is 2. The molecule has 2 aliphatic rings. The summed E-state index contributed by atoms with van der Waals surface area (Å²) in [4.78, 5) is 3.74. The molecule has 2 bridgehead atoms. The predicted octanol–water partition coefficient (Wildman–Crippen LogP) is 2.22. The number of nitrogens with one attached hydrogen (secondary N) is 1. The Hall–Kier alpha value is -0.960. The molecule has 3 atom stereocenters. The highest BCUT2D eigenvalue weighted by Crippen LogP contribution is 2.37. The van der Waals surface area contributed by atoms with Crippen molar-refractivity contribution >= 4 is 0 Å². The molecule has 0 spiro atoms. The zero-order valence-corrected chi connectivity index (χ0v) is 8.62. The van der Waals surface area contributed by atoms with Crippen LogP contribution in [0.3, 0.4) is 0 Å². The quantitative estimate of drug-likeness (QED) is 0.711. The van der Waals surface area contributed by atoms with Gasteiger partial charge in [-0.2, -0.15) is 4.39 Å². The second-order valence-corrected chi connectivity index (χ2v) is 4.66. The van der Waals surface area contributed by atoms with Crippen LogP contribution < -0.4 is 5.32 Å². The molecule has 80 valence electrons. The van der Waals surface area contributed by atoms with Crippen LogP contribution in [0, 0.1) is 5.95 Å². The molecule has 15 heavy (non-hydrogen) atoms. The molecule has 1 aromatic rings. The minimum absolute atomic E-state index is 0.382. The van der Waals surface area contributed by atoms with Crippen LogP contribution in [0.1, 0.15) is 37.2 Å². The molecule has 3 rings (SSSR count). The van der Waals surface area contributed by atoms with Crippen LogP contribution in [-0.4, -0.2) is 17.1 Å². The number of hydrogen-bond acceptors (Lipinski definition) is 2. The molecule has 0 saturated carbocycles.